The van der Waals surface area contributed by atoms with Gasteiger partial charge in [-0.3, -0.25) is 4.79 Å². The number of hydrogen-bond donors (Lipinski definition) is 2. The summed E-state index contributed by atoms with van der Waals surface area (Å²) in [5, 5.41) is 2.06. The van der Waals surface area contributed by atoms with Crippen LogP contribution in [0.25, 0.3) is 10.8 Å². The van der Waals surface area contributed by atoms with Gasteiger partial charge in [0.05, 0.1) is 19.9 Å². The fourth-order valence-corrected chi connectivity index (χ4v) is 7.33. The normalized spacial score (nSPS) is 18.4. The molecule has 0 spiro atoms. The van der Waals surface area contributed by atoms with E-state index in [-0.39, 0.29) is 23.6 Å². The molecule has 2 atom stereocenters. The molecule has 3 N–H and O–H groups in total. The molecule has 1 aromatic carbocycles. The van der Waals surface area contributed by atoms with Crippen LogP contribution in [0.3, 0.4) is 0 Å². The number of nitrogens with one attached hydrogen (secondary N) is 1. The predicted octanol–water partition coefficient (Wildman–Crippen LogP) is 2.18. The molecule has 3 aromatic rings. The van der Waals surface area contributed by atoms with Crippen LogP contribution in [0, 0.1) is 5.92 Å². The van der Waals surface area contributed by atoms with Crippen molar-refractivity contribution in [1.82, 2.24) is 19.6 Å². The van der Waals surface area contributed by atoms with Crippen molar-refractivity contribution in [2.75, 3.05) is 45.0 Å². The lowest BCUT2D eigenvalue weighted by Gasteiger charge is -2.30. The van der Waals surface area contributed by atoms with Gasteiger partial charge in [-0.15, -0.1) is 0 Å². The second kappa shape index (κ2) is 11.8. The van der Waals surface area contributed by atoms with E-state index in [1.165, 1.54) is 18.2 Å². The van der Waals surface area contributed by atoms with Gasteiger partial charge in [-0.05, 0) is 54.3 Å². The summed E-state index contributed by atoms with van der Waals surface area (Å²) in [5.74, 6) is 0.172. The molecular weight excluding hydrogens is 568 g/mol. The average molecular weight is 603 g/mol. The highest BCUT2D eigenvalue weighted by atomic mass is 32.2. The molecule has 5 rings (SSSR count). The van der Waals surface area contributed by atoms with Crippen molar-refractivity contribution in [3.05, 3.63) is 36.2 Å². The molecule has 1 amide bonds. The Morgan fingerprint density at radius 2 is 2.05 bits per heavy atom. The Morgan fingerprint density at radius 1 is 1.27 bits per heavy atom. The summed E-state index contributed by atoms with van der Waals surface area (Å²) in [6, 6.07) is 3.46. The van der Waals surface area contributed by atoms with Gasteiger partial charge in [-0.25, -0.2) is 23.2 Å². The first-order chi connectivity index (χ1) is 19.6. The van der Waals surface area contributed by atoms with Crippen molar-refractivity contribution in [2.24, 2.45) is 5.92 Å². The lowest BCUT2D eigenvalue weighted by atomic mass is 9.86. The van der Waals surface area contributed by atoms with Gasteiger partial charge in [-0.1, -0.05) is 17.8 Å². The number of nitrogen functional groups attached to an aromatic ring is 1. The van der Waals surface area contributed by atoms with Crippen molar-refractivity contribution in [1.29, 1.82) is 0 Å². The number of esters is 1. The maximum atomic E-state index is 13.6. The molecule has 1 aliphatic carbocycles. The van der Waals surface area contributed by atoms with Gasteiger partial charge in [0, 0.05) is 38.6 Å². The van der Waals surface area contributed by atoms with Crippen molar-refractivity contribution >= 4 is 55.0 Å². The molecule has 2 fully saturated rings. The first-order valence-corrected chi connectivity index (χ1v) is 15.7. The molecule has 220 valence electrons. The number of thiazole rings is 1. The van der Waals surface area contributed by atoms with Gasteiger partial charge in [0.25, 0.3) is 10.0 Å². The second-order valence-corrected chi connectivity index (χ2v) is 13.5. The Balaban J connectivity index is 1.39. The van der Waals surface area contributed by atoms with Gasteiger partial charge in [0.1, 0.15) is 23.7 Å². The number of benzene rings is 1. The van der Waals surface area contributed by atoms with Gasteiger partial charge < -0.3 is 25.0 Å². The number of pyridine rings is 1. The molecule has 41 heavy (non-hydrogen) atoms. The second-order valence-electron chi connectivity index (χ2n) is 10.6. The minimum absolute atomic E-state index is 0.0126. The van der Waals surface area contributed by atoms with Crippen LogP contribution in [0.2, 0.25) is 0 Å². The maximum absolute atomic E-state index is 13.6. The van der Waals surface area contributed by atoms with Crippen molar-refractivity contribution in [2.45, 2.75) is 48.4 Å². The van der Waals surface area contributed by atoms with Crippen molar-refractivity contribution < 1.29 is 27.5 Å². The Morgan fingerprint density at radius 3 is 2.71 bits per heavy atom. The van der Waals surface area contributed by atoms with E-state index in [2.05, 4.69) is 14.7 Å². The van der Waals surface area contributed by atoms with Crippen LogP contribution in [0.5, 0.6) is 5.75 Å². The number of carbonyl (C=O) groups is 2. The number of anilines is 2. The molecule has 0 radical (unpaired) electrons. The molecule has 2 aliphatic rings. The zero-order chi connectivity index (χ0) is 29.3. The number of ether oxygens (including phenoxy) is 2. The van der Waals surface area contributed by atoms with Crippen LogP contribution < -0.4 is 20.1 Å². The number of amides is 1. The number of fused-ring (bicyclic) bond motifs is 1. The van der Waals surface area contributed by atoms with E-state index in [4.69, 9.17) is 15.2 Å². The van der Waals surface area contributed by atoms with Gasteiger partial charge in [0.2, 0.25) is 5.91 Å². The van der Waals surface area contributed by atoms with Crippen molar-refractivity contribution in [3.8, 4) is 5.75 Å². The molecule has 14 heteroatoms. The number of methoxy groups -OCH3 is 1. The van der Waals surface area contributed by atoms with E-state index in [0.29, 0.717) is 40.2 Å². The van der Waals surface area contributed by atoms with Crippen LogP contribution in [-0.4, -0.2) is 81.6 Å². The minimum atomic E-state index is -4.00. The SMILES string of the molecule is COc1cc2c(N)nccc2cc1CC(C(=O)OCC1CCC1)N1CCC(NS(=O)(=O)c2cnc(N(C)C)s2)C1=O. The van der Waals surface area contributed by atoms with Crippen LogP contribution in [0.1, 0.15) is 31.2 Å². The van der Waals surface area contributed by atoms with E-state index < -0.39 is 34.0 Å². The number of carbonyl (C=O) groups excluding carboxylic acids is 2. The average Bonchev–Trinajstić information content (AvgIpc) is 3.54. The fourth-order valence-electron chi connectivity index (χ4n) is 5.05. The third-order valence-electron chi connectivity index (χ3n) is 7.60. The third kappa shape index (κ3) is 6.09. The fraction of sp³-hybridized carbons (Fsp3) is 0.481. The number of aromatic nitrogens is 2. The van der Waals surface area contributed by atoms with E-state index in [9.17, 15) is 18.0 Å². The summed E-state index contributed by atoms with van der Waals surface area (Å²) in [6.07, 6.45) is 6.33. The lowest BCUT2D eigenvalue weighted by Crippen LogP contribution is -2.49. The summed E-state index contributed by atoms with van der Waals surface area (Å²) in [5.41, 5.74) is 6.74. The topological polar surface area (TPSA) is 157 Å². The summed E-state index contributed by atoms with van der Waals surface area (Å²) in [6.45, 7) is 0.484. The Hall–Kier alpha value is -3.49. The van der Waals surface area contributed by atoms with Gasteiger partial charge in [0.15, 0.2) is 9.34 Å². The molecule has 12 nitrogen and oxygen atoms in total. The van der Waals surface area contributed by atoms with Gasteiger partial charge in [-0.2, -0.15) is 4.72 Å². The van der Waals surface area contributed by atoms with Crippen LogP contribution in [-0.2, 0) is 30.8 Å². The van der Waals surface area contributed by atoms with Gasteiger partial charge >= 0.3 is 5.97 Å². The number of nitrogens with zero attached hydrogens (tertiary/aromatic N) is 4. The van der Waals surface area contributed by atoms with Crippen molar-refractivity contribution in [3.63, 3.8) is 0 Å². The zero-order valence-corrected chi connectivity index (χ0v) is 24.8. The quantitative estimate of drug-likeness (QED) is 0.312. The predicted molar refractivity (Wildman–Crippen MR) is 155 cm³/mol. The number of likely N-dealkylation sites (tertiary alicyclic amines) is 1. The number of sulfonamides is 1. The van der Waals surface area contributed by atoms with E-state index >= 15 is 0 Å². The van der Waals surface area contributed by atoms with E-state index in [1.807, 2.05) is 12.1 Å². The first-order valence-electron chi connectivity index (χ1n) is 13.4. The molecule has 1 saturated heterocycles. The summed E-state index contributed by atoms with van der Waals surface area (Å²) < 4.78 is 40.0. The lowest BCUT2D eigenvalue weighted by molar-refractivity contribution is -0.155. The van der Waals surface area contributed by atoms with Crippen LogP contribution in [0.4, 0.5) is 10.9 Å². The summed E-state index contributed by atoms with van der Waals surface area (Å²) in [4.78, 5) is 38.5. The standard InChI is InChI=1S/C27H34N6O6S2/c1-32(2)27-30-14-23(40-27)41(36,37)31-20-8-10-33(25(20)34)21(26(35)39-15-16-5-4-6-16)12-18-11-17-7-9-29-24(28)19(17)13-22(18)38-3/h7,9,11,13-14,16,20-21,31H,4-6,8,10,12,15H2,1-3H3,(H2,28,29). The maximum Gasteiger partial charge on any atom is 0.329 e. The molecule has 0 bridgehead atoms. The zero-order valence-electron chi connectivity index (χ0n) is 23.2. The molecule has 1 aliphatic heterocycles. The van der Waals surface area contributed by atoms with E-state index in [0.717, 1.165) is 36.0 Å². The Bertz CT molecular complexity index is 1550. The Labute approximate surface area is 242 Å². The van der Waals surface area contributed by atoms with Crippen LogP contribution >= 0.6 is 11.3 Å². The third-order valence-corrected chi connectivity index (χ3v) is 10.7. The summed E-state index contributed by atoms with van der Waals surface area (Å²) in [7, 11) is 1.06. The highest BCUT2D eigenvalue weighted by Gasteiger charge is 2.42. The smallest absolute Gasteiger partial charge is 0.329 e. The largest absolute Gasteiger partial charge is 0.496 e. The molecular formula is C27H34N6O6S2. The molecule has 3 heterocycles. The first kappa shape index (κ1) is 29.0. The van der Waals surface area contributed by atoms with Crippen LogP contribution in [0.15, 0.2) is 34.8 Å². The minimum Gasteiger partial charge on any atom is -0.496 e. The monoisotopic (exact) mass is 602 g/mol. The Kier molecular flexibility index (Phi) is 8.34. The number of nitrogens with two attached hydrogens (primary N) is 1. The number of hydrogen-bond acceptors (Lipinski definition) is 11. The van der Waals surface area contributed by atoms with E-state index in [1.54, 1.807) is 31.3 Å². The highest BCUT2D eigenvalue weighted by molar-refractivity contribution is 7.91. The summed E-state index contributed by atoms with van der Waals surface area (Å²) >= 11 is 1.01. The number of rotatable bonds is 11. The molecule has 1 saturated carbocycles. The molecule has 2 unspecified atom stereocenters. The highest BCUT2D eigenvalue weighted by Crippen LogP contribution is 2.32. The molecule has 2 aromatic heterocycles.